The molecule has 2 aromatic rings. The summed E-state index contributed by atoms with van der Waals surface area (Å²) in [7, 11) is 1.55. The lowest BCUT2D eigenvalue weighted by Crippen LogP contribution is -2.40. The molecular weight excluding hydrogens is 320 g/mol. The third-order valence-electron chi connectivity index (χ3n) is 3.27. The third-order valence-corrected chi connectivity index (χ3v) is 3.27. The number of hydrazine groups is 1. The standard InChI is InChI=1S/C19H20N2O4/c1-3-25-17-9-4-14(5-10-17)6-13-18(22)20-21-19(23)15-7-11-16(24-2)12-8-15/h4-13H,3H2,1-2H3,(H,20,22)(H,21,23)/b13-6+. The summed E-state index contributed by atoms with van der Waals surface area (Å²) in [5.74, 6) is 0.580. The Kier molecular flexibility index (Phi) is 6.59. The molecule has 0 aliphatic heterocycles. The van der Waals surface area contributed by atoms with Gasteiger partial charge in [0, 0.05) is 11.6 Å². The van der Waals surface area contributed by atoms with Crippen LogP contribution in [-0.4, -0.2) is 25.5 Å². The number of methoxy groups -OCH3 is 1. The zero-order valence-electron chi connectivity index (χ0n) is 14.1. The number of carbonyl (C=O) groups excluding carboxylic acids is 2. The van der Waals surface area contributed by atoms with E-state index in [1.54, 1.807) is 37.5 Å². The molecule has 0 aliphatic carbocycles. The monoisotopic (exact) mass is 340 g/mol. The van der Waals surface area contributed by atoms with E-state index in [0.29, 0.717) is 17.9 Å². The predicted octanol–water partition coefficient (Wildman–Crippen LogP) is 2.57. The van der Waals surface area contributed by atoms with Crippen molar-refractivity contribution in [3.63, 3.8) is 0 Å². The van der Waals surface area contributed by atoms with Crippen LogP contribution in [-0.2, 0) is 4.79 Å². The number of hydrogen-bond donors (Lipinski definition) is 2. The largest absolute Gasteiger partial charge is 0.497 e. The number of carbonyl (C=O) groups is 2. The van der Waals surface area contributed by atoms with Crippen LogP contribution in [0.4, 0.5) is 0 Å². The third kappa shape index (κ3) is 5.69. The number of amides is 2. The number of rotatable bonds is 6. The average Bonchev–Trinajstić information content (AvgIpc) is 2.66. The van der Waals surface area contributed by atoms with Crippen LogP contribution in [0.2, 0.25) is 0 Å². The van der Waals surface area contributed by atoms with Crippen molar-refractivity contribution in [2.45, 2.75) is 6.92 Å². The van der Waals surface area contributed by atoms with Crippen molar-refractivity contribution in [2.24, 2.45) is 0 Å². The Hall–Kier alpha value is -3.28. The van der Waals surface area contributed by atoms with E-state index in [4.69, 9.17) is 9.47 Å². The van der Waals surface area contributed by atoms with Gasteiger partial charge in [0.2, 0.25) is 0 Å². The molecule has 0 unspecified atom stereocenters. The molecule has 0 saturated heterocycles. The zero-order chi connectivity index (χ0) is 18.1. The lowest BCUT2D eigenvalue weighted by molar-refractivity contribution is -0.117. The molecule has 25 heavy (non-hydrogen) atoms. The molecule has 2 aromatic carbocycles. The summed E-state index contributed by atoms with van der Waals surface area (Å²) in [6.07, 6.45) is 2.98. The van der Waals surface area contributed by atoms with Gasteiger partial charge in [-0.3, -0.25) is 20.4 Å². The first kappa shape index (κ1) is 18.1. The maximum Gasteiger partial charge on any atom is 0.269 e. The fourth-order valence-electron chi connectivity index (χ4n) is 1.99. The molecule has 2 N–H and O–H groups in total. The van der Waals surface area contributed by atoms with Crippen LogP contribution in [0.3, 0.4) is 0 Å². The first-order valence-corrected chi connectivity index (χ1v) is 7.77. The van der Waals surface area contributed by atoms with Crippen LogP contribution in [0, 0.1) is 0 Å². The van der Waals surface area contributed by atoms with Crippen molar-refractivity contribution >= 4 is 17.9 Å². The highest BCUT2D eigenvalue weighted by molar-refractivity contribution is 5.97. The Bertz CT molecular complexity index is 737. The van der Waals surface area contributed by atoms with E-state index < -0.39 is 11.8 Å². The van der Waals surface area contributed by atoms with Crippen LogP contribution in [0.1, 0.15) is 22.8 Å². The van der Waals surface area contributed by atoms with Crippen molar-refractivity contribution in [3.8, 4) is 11.5 Å². The van der Waals surface area contributed by atoms with Gasteiger partial charge in [-0.05, 0) is 55.0 Å². The van der Waals surface area contributed by atoms with Crippen molar-refractivity contribution in [3.05, 3.63) is 65.7 Å². The van der Waals surface area contributed by atoms with Crippen molar-refractivity contribution in [1.29, 1.82) is 0 Å². The molecule has 0 radical (unpaired) electrons. The minimum atomic E-state index is -0.434. The maximum absolute atomic E-state index is 11.9. The summed E-state index contributed by atoms with van der Waals surface area (Å²) >= 11 is 0. The van der Waals surface area contributed by atoms with Gasteiger partial charge in [0.15, 0.2) is 0 Å². The van der Waals surface area contributed by atoms with Gasteiger partial charge in [-0.1, -0.05) is 12.1 Å². The quantitative estimate of drug-likeness (QED) is 0.626. The van der Waals surface area contributed by atoms with E-state index in [0.717, 1.165) is 11.3 Å². The van der Waals surface area contributed by atoms with Crippen molar-refractivity contribution in [1.82, 2.24) is 10.9 Å². The molecule has 0 saturated carbocycles. The molecule has 0 fully saturated rings. The molecule has 2 amide bonds. The molecule has 0 atom stereocenters. The second-order valence-electron chi connectivity index (χ2n) is 5.01. The molecule has 2 rings (SSSR count). The van der Waals surface area contributed by atoms with E-state index in [2.05, 4.69) is 10.9 Å². The Balaban J connectivity index is 1.83. The molecule has 0 spiro atoms. The van der Waals surface area contributed by atoms with Gasteiger partial charge in [0.1, 0.15) is 11.5 Å². The number of nitrogens with one attached hydrogen (secondary N) is 2. The van der Waals surface area contributed by atoms with Crippen LogP contribution in [0.25, 0.3) is 6.08 Å². The molecule has 0 heterocycles. The van der Waals surface area contributed by atoms with E-state index in [1.165, 1.54) is 6.08 Å². The summed E-state index contributed by atoms with van der Waals surface area (Å²) < 4.78 is 10.4. The van der Waals surface area contributed by atoms with Crippen molar-refractivity contribution < 1.29 is 19.1 Å². The van der Waals surface area contributed by atoms with Gasteiger partial charge < -0.3 is 9.47 Å². The number of ether oxygens (including phenoxy) is 2. The van der Waals surface area contributed by atoms with E-state index in [9.17, 15) is 9.59 Å². The number of hydrogen-bond acceptors (Lipinski definition) is 4. The van der Waals surface area contributed by atoms with E-state index >= 15 is 0 Å². The fourth-order valence-corrected chi connectivity index (χ4v) is 1.99. The summed E-state index contributed by atoms with van der Waals surface area (Å²) in [6, 6.07) is 13.9. The topological polar surface area (TPSA) is 76.7 Å². The van der Waals surface area contributed by atoms with Gasteiger partial charge in [0.05, 0.1) is 13.7 Å². The molecular formula is C19H20N2O4. The predicted molar refractivity (Wildman–Crippen MR) is 95.2 cm³/mol. The SMILES string of the molecule is CCOc1ccc(/C=C/C(=O)NNC(=O)c2ccc(OC)cc2)cc1. The molecule has 6 nitrogen and oxygen atoms in total. The Morgan fingerprint density at radius 1 is 0.960 bits per heavy atom. The fraction of sp³-hybridized carbons (Fsp3) is 0.158. The first-order valence-electron chi connectivity index (χ1n) is 7.77. The second-order valence-corrected chi connectivity index (χ2v) is 5.01. The average molecular weight is 340 g/mol. The molecule has 0 aliphatic rings. The van der Waals surface area contributed by atoms with Gasteiger partial charge in [0.25, 0.3) is 11.8 Å². The van der Waals surface area contributed by atoms with Crippen LogP contribution < -0.4 is 20.3 Å². The van der Waals surface area contributed by atoms with Crippen molar-refractivity contribution in [2.75, 3.05) is 13.7 Å². The van der Waals surface area contributed by atoms with Gasteiger partial charge >= 0.3 is 0 Å². The minimum absolute atomic E-state index is 0.412. The molecule has 0 bridgehead atoms. The summed E-state index contributed by atoms with van der Waals surface area (Å²) in [5, 5.41) is 0. The van der Waals surface area contributed by atoms with Crippen LogP contribution in [0.15, 0.2) is 54.6 Å². The van der Waals surface area contributed by atoms with Gasteiger partial charge in [-0.2, -0.15) is 0 Å². The molecule has 6 heteroatoms. The van der Waals surface area contributed by atoms with Crippen LogP contribution >= 0.6 is 0 Å². The van der Waals surface area contributed by atoms with E-state index in [-0.39, 0.29) is 0 Å². The Morgan fingerprint density at radius 3 is 2.20 bits per heavy atom. The lowest BCUT2D eigenvalue weighted by Gasteiger charge is -2.06. The molecule has 0 aromatic heterocycles. The van der Waals surface area contributed by atoms with E-state index in [1.807, 2.05) is 31.2 Å². The summed E-state index contributed by atoms with van der Waals surface area (Å²) in [5.41, 5.74) is 5.94. The number of benzene rings is 2. The zero-order valence-corrected chi connectivity index (χ0v) is 14.1. The summed E-state index contributed by atoms with van der Waals surface area (Å²) in [4.78, 5) is 23.7. The maximum atomic E-state index is 11.9. The first-order chi connectivity index (χ1) is 12.1. The second kappa shape index (κ2) is 9.12. The highest BCUT2D eigenvalue weighted by Gasteiger charge is 2.06. The minimum Gasteiger partial charge on any atom is -0.497 e. The Morgan fingerprint density at radius 2 is 1.60 bits per heavy atom. The normalized spacial score (nSPS) is 10.3. The Labute approximate surface area is 146 Å². The highest BCUT2D eigenvalue weighted by Crippen LogP contribution is 2.13. The smallest absolute Gasteiger partial charge is 0.269 e. The highest BCUT2D eigenvalue weighted by atomic mass is 16.5. The lowest BCUT2D eigenvalue weighted by atomic mass is 10.2. The van der Waals surface area contributed by atoms with Crippen LogP contribution in [0.5, 0.6) is 11.5 Å². The summed E-state index contributed by atoms with van der Waals surface area (Å²) in [6.45, 7) is 2.52. The van der Waals surface area contributed by atoms with Gasteiger partial charge in [-0.25, -0.2) is 0 Å². The molecule has 130 valence electrons. The van der Waals surface area contributed by atoms with Gasteiger partial charge in [-0.15, -0.1) is 0 Å².